The van der Waals surface area contributed by atoms with E-state index in [-0.39, 0.29) is 0 Å². The number of hydrogen-bond acceptors (Lipinski definition) is 0. The van der Waals surface area contributed by atoms with Crippen LogP contribution in [0.15, 0.2) is 0 Å². The molecule has 1 heteroatoms. The maximum absolute atomic E-state index is 6.49. The van der Waals surface area contributed by atoms with Gasteiger partial charge < -0.3 is 0 Å². The molecule has 0 heterocycles. The van der Waals surface area contributed by atoms with Gasteiger partial charge in [0.25, 0.3) is 5.54 Å². The van der Waals surface area contributed by atoms with Gasteiger partial charge in [-0.05, 0) is 5.92 Å². The molecule has 0 unspecified atom stereocenters. The summed E-state index contributed by atoms with van der Waals surface area (Å²) in [7, 11) is 0. The van der Waals surface area contributed by atoms with E-state index in [1.54, 1.807) is 13.8 Å². The minimum absolute atomic E-state index is 0.597. The molecule has 0 N–H and O–H groups in total. The van der Waals surface area contributed by atoms with Crippen LogP contribution in [0.25, 0.3) is 4.85 Å². The quantitative estimate of drug-likeness (QED) is 0.314. The Labute approximate surface area is 44.2 Å². The largest absolute Gasteiger partial charge is 0.297 e. The SMILES string of the molecule is [C-]#[N+]C(C)(C)C#C. The highest BCUT2D eigenvalue weighted by Gasteiger charge is 2.16. The molecule has 0 fully saturated rings. The second-order valence-corrected chi connectivity index (χ2v) is 1.82. The molecule has 1 nitrogen and oxygen atoms in total. The van der Waals surface area contributed by atoms with Gasteiger partial charge in [-0.25, -0.2) is 6.57 Å². The van der Waals surface area contributed by atoms with Gasteiger partial charge in [0, 0.05) is 13.8 Å². The third kappa shape index (κ3) is 1.84. The molecule has 0 aliphatic carbocycles. The van der Waals surface area contributed by atoms with Crippen molar-refractivity contribution in [3.8, 4) is 12.3 Å². The van der Waals surface area contributed by atoms with Crippen molar-refractivity contribution >= 4 is 0 Å². The molecule has 0 radical (unpaired) electrons. The Morgan fingerprint density at radius 1 is 1.71 bits per heavy atom. The average Bonchev–Trinajstić information content (AvgIpc) is 1.68. The van der Waals surface area contributed by atoms with Gasteiger partial charge >= 0.3 is 0 Å². The highest BCUT2D eigenvalue weighted by Crippen LogP contribution is 2.03. The first-order valence-electron chi connectivity index (χ1n) is 1.99. The van der Waals surface area contributed by atoms with Crippen molar-refractivity contribution in [2.45, 2.75) is 19.4 Å². The van der Waals surface area contributed by atoms with E-state index in [4.69, 9.17) is 13.0 Å². The summed E-state index contributed by atoms with van der Waals surface area (Å²) in [6, 6.07) is 0. The molecule has 0 aromatic carbocycles. The first kappa shape index (κ1) is 6.05. The van der Waals surface area contributed by atoms with Crippen LogP contribution in [0.4, 0.5) is 0 Å². The lowest BCUT2D eigenvalue weighted by atomic mass is 10.1. The van der Waals surface area contributed by atoms with Crippen molar-refractivity contribution < 1.29 is 0 Å². The molecule has 0 aromatic rings. The molecule has 0 aliphatic rings. The summed E-state index contributed by atoms with van der Waals surface area (Å²) >= 11 is 0. The van der Waals surface area contributed by atoms with Gasteiger partial charge in [0.1, 0.15) is 0 Å². The van der Waals surface area contributed by atoms with Crippen LogP contribution in [-0.4, -0.2) is 5.54 Å². The van der Waals surface area contributed by atoms with Gasteiger partial charge in [0.15, 0.2) is 0 Å². The molecule has 0 spiro atoms. The Kier molecular flexibility index (Phi) is 1.44. The van der Waals surface area contributed by atoms with Crippen LogP contribution in [-0.2, 0) is 0 Å². The Morgan fingerprint density at radius 3 is 2.14 bits per heavy atom. The lowest BCUT2D eigenvalue weighted by molar-refractivity contribution is 0.805. The average molecular weight is 93.1 g/mol. The third-order valence-electron chi connectivity index (χ3n) is 0.633. The molecule has 0 atom stereocenters. The molecule has 0 amide bonds. The van der Waals surface area contributed by atoms with E-state index in [2.05, 4.69) is 10.8 Å². The van der Waals surface area contributed by atoms with Crippen molar-refractivity contribution in [2.75, 3.05) is 0 Å². The lowest BCUT2D eigenvalue weighted by Gasteiger charge is -1.96. The number of rotatable bonds is 0. The first-order chi connectivity index (χ1) is 3.12. The van der Waals surface area contributed by atoms with Crippen LogP contribution in [0.2, 0.25) is 0 Å². The normalized spacial score (nSPS) is 9.14. The molecule has 0 aliphatic heterocycles. The van der Waals surface area contributed by atoms with Gasteiger partial charge in [-0.15, -0.1) is 6.42 Å². The van der Waals surface area contributed by atoms with Gasteiger partial charge in [-0.3, -0.25) is 4.85 Å². The fourth-order valence-electron chi connectivity index (χ4n) is 0.0323. The van der Waals surface area contributed by atoms with E-state index >= 15 is 0 Å². The maximum atomic E-state index is 6.49. The molecule has 0 aromatic heterocycles. The zero-order chi connectivity index (χ0) is 5.91. The minimum Gasteiger partial charge on any atom is -0.297 e. The third-order valence-corrected chi connectivity index (χ3v) is 0.633. The highest BCUT2D eigenvalue weighted by molar-refractivity contribution is 5.14. The second kappa shape index (κ2) is 1.67. The van der Waals surface area contributed by atoms with Crippen molar-refractivity contribution in [3.05, 3.63) is 11.4 Å². The van der Waals surface area contributed by atoms with Crippen LogP contribution < -0.4 is 0 Å². The molecule has 0 rings (SSSR count). The summed E-state index contributed by atoms with van der Waals surface area (Å²) in [5.41, 5.74) is -0.597. The summed E-state index contributed by atoms with van der Waals surface area (Å²) in [5.74, 6) is 2.34. The van der Waals surface area contributed by atoms with Crippen molar-refractivity contribution in [1.82, 2.24) is 0 Å². The van der Waals surface area contributed by atoms with Gasteiger partial charge in [0.2, 0.25) is 0 Å². The molecule has 0 bridgehead atoms. The van der Waals surface area contributed by atoms with E-state index < -0.39 is 5.54 Å². The number of terminal acetylenes is 1. The minimum atomic E-state index is -0.597. The Bertz CT molecular complexity index is 115. The summed E-state index contributed by atoms with van der Waals surface area (Å²) in [4.78, 5) is 3.15. The van der Waals surface area contributed by atoms with E-state index in [0.717, 1.165) is 0 Å². The fourth-order valence-corrected chi connectivity index (χ4v) is 0.0323. The Hall–Kier alpha value is -0.950. The standard InChI is InChI=1S/C6H7N/c1-5-6(2,3)7-4/h1H,2-3H3. The molecule has 7 heavy (non-hydrogen) atoms. The van der Waals surface area contributed by atoms with Crippen molar-refractivity contribution in [1.29, 1.82) is 0 Å². The van der Waals surface area contributed by atoms with Crippen LogP contribution in [0.5, 0.6) is 0 Å². The molecular formula is C6H7N. The molecular weight excluding hydrogens is 86.1 g/mol. The van der Waals surface area contributed by atoms with Crippen LogP contribution in [0, 0.1) is 18.9 Å². The van der Waals surface area contributed by atoms with Crippen LogP contribution in [0.1, 0.15) is 13.8 Å². The van der Waals surface area contributed by atoms with E-state index in [1.165, 1.54) is 0 Å². The summed E-state index contributed by atoms with van der Waals surface area (Å²) in [6.07, 6.45) is 4.95. The highest BCUT2D eigenvalue weighted by atomic mass is 14.7. The Balaban J connectivity index is 4.00. The van der Waals surface area contributed by atoms with Crippen LogP contribution >= 0.6 is 0 Å². The summed E-state index contributed by atoms with van der Waals surface area (Å²) in [5, 5.41) is 0. The monoisotopic (exact) mass is 93.1 g/mol. The maximum Gasteiger partial charge on any atom is 0.286 e. The van der Waals surface area contributed by atoms with Crippen molar-refractivity contribution in [2.24, 2.45) is 0 Å². The van der Waals surface area contributed by atoms with Gasteiger partial charge in [-0.2, -0.15) is 0 Å². The summed E-state index contributed by atoms with van der Waals surface area (Å²) in [6.45, 7) is 9.90. The van der Waals surface area contributed by atoms with Crippen molar-refractivity contribution in [3.63, 3.8) is 0 Å². The first-order valence-corrected chi connectivity index (χ1v) is 1.99. The zero-order valence-corrected chi connectivity index (χ0v) is 4.52. The second-order valence-electron chi connectivity index (χ2n) is 1.82. The van der Waals surface area contributed by atoms with Crippen LogP contribution in [0.3, 0.4) is 0 Å². The summed E-state index contributed by atoms with van der Waals surface area (Å²) < 4.78 is 0. The van der Waals surface area contributed by atoms with Gasteiger partial charge in [0.05, 0.1) is 0 Å². The zero-order valence-electron chi connectivity index (χ0n) is 4.52. The van der Waals surface area contributed by atoms with E-state index in [0.29, 0.717) is 0 Å². The number of nitrogens with zero attached hydrogens (tertiary/aromatic N) is 1. The smallest absolute Gasteiger partial charge is 0.286 e. The van der Waals surface area contributed by atoms with Gasteiger partial charge in [-0.1, -0.05) is 0 Å². The Morgan fingerprint density at radius 2 is 2.14 bits per heavy atom. The predicted molar refractivity (Wildman–Crippen MR) is 29.5 cm³/mol. The number of hydrogen-bond donors (Lipinski definition) is 0. The topological polar surface area (TPSA) is 4.36 Å². The van der Waals surface area contributed by atoms with E-state index in [1.807, 2.05) is 0 Å². The molecule has 0 saturated carbocycles. The lowest BCUT2D eigenvalue weighted by Crippen LogP contribution is -2.08. The fraction of sp³-hybridized carbons (Fsp3) is 0.500. The van der Waals surface area contributed by atoms with E-state index in [9.17, 15) is 0 Å². The molecule has 36 valence electrons. The predicted octanol–water partition coefficient (Wildman–Crippen LogP) is 1.32. The molecule has 0 saturated heterocycles.